The Balaban J connectivity index is 4.26. The number of amides is 2. The number of nitrogens with one attached hydrogen (secondary N) is 2. The van der Waals surface area contributed by atoms with Crippen molar-refractivity contribution in [2.75, 3.05) is 27.7 Å². The van der Waals surface area contributed by atoms with E-state index in [0.29, 0.717) is 11.0 Å². The maximum atomic E-state index is 11.7. The van der Waals surface area contributed by atoms with Gasteiger partial charge in [0.25, 0.3) is 0 Å². The molecule has 0 bridgehead atoms. The van der Waals surface area contributed by atoms with E-state index in [1.165, 1.54) is 13.8 Å². The molecule has 0 aliphatic carbocycles. The number of aliphatic carboxylic acids is 1. The topological polar surface area (TPSA) is 116 Å². The Morgan fingerprint density at radius 2 is 1.57 bits per heavy atom. The van der Waals surface area contributed by atoms with E-state index in [1.54, 1.807) is 0 Å². The van der Waals surface area contributed by atoms with Gasteiger partial charge in [0.2, 0.25) is 11.8 Å². The first kappa shape index (κ1) is 19.3. The number of nitrogens with zero attached hydrogens (tertiary/aromatic N) is 1. The molecule has 0 aromatic heterocycles. The van der Waals surface area contributed by atoms with Crippen LogP contribution in [0.1, 0.15) is 20.3 Å². The minimum Gasteiger partial charge on any atom is -0.480 e. The van der Waals surface area contributed by atoms with Crippen LogP contribution in [0, 0.1) is 0 Å². The van der Waals surface area contributed by atoms with Gasteiger partial charge in [0.15, 0.2) is 0 Å². The first-order valence-electron chi connectivity index (χ1n) is 6.73. The smallest absolute Gasteiger partial charge is 0.325 e. The molecular formula is C13H26N3O5+. The lowest BCUT2D eigenvalue weighted by molar-refractivity contribution is -0.873. The van der Waals surface area contributed by atoms with Crippen molar-refractivity contribution in [2.45, 2.75) is 38.5 Å². The molecule has 0 aliphatic heterocycles. The number of aliphatic hydroxyl groups is 1. The summed E-state index contributed by atoms with van der Waals surface area (Å²) in [5.41, 5.74) is 0. The SMILES string of the molecule is C[C@H](NC(=O)[C@H](C)NC(=O)CC(O)C[N+](C)(C)C)C(=O)O. The minimum absolute atomic E-state index is 0.109. The van der Waals surface area contributed by atoms with Crippen LogP contribution in [0.2, 0.25) is 0 Å². The molecule has 0 fully saturated rings. The first-order chi connectivity index (χ1) is 9.42. The number of carbonyl (C=O) groups excluding carboxylic acids is 2. The number of aliphatic hydroxyl groups excluding tert-OH is 1. The number of hydrogen-bond donors (Lipinski definition) is 4. The van der Waals surface area contributed by atoms with Crippen LogP contribution in [-0.4, -0.2) is 78.4 Å². The molecule has 8 heteroatoms. The fourth-order valence-electron chi connectivity index (χ4n) is 1.68. The van der Waals surface area contributed by atoms with Gasteiger partial charge in [0, 0.05) is 0 Å². The van der Waals surface area contributed by atoms with Gasteiger partial charge in [-0.1, -0.05) is 0 Å². The van der Waals surface area contributed by atoms with E-state index in [1.807, 2.05) is 21.1 Å². The molecule has 0 spiro atoms. The molecule has 0 saturated carbocycles. The van der Waals surface area contributed by atoms with E-state index >= 15 is 0 Å². The molecule has 3 atom stereocenters. The second kappa shape index (κ2) is 7.94. The number of rotatable bonds is 8. The highest BCUT2D eigenvalue weighted by Crippen LogP contribution is 2.00. The maximum absolute atomic E-state index is 11.7. The van der Waals surface area contributed by atoms with E-state index in [-0.39, 0.29) is 6.42 Å². The Morgan fingerprint density at radius 1 is 1.05 bits per heavy atom. The van der Waals surface area contributed by atoms with E-state index in [9.17, 15) is 19.5 Å². The fraction of sp³-hybridized carbons (Fsp3) is 0.769. The quantitative estimate of drug-likeness (QED) is 0.409. The van der Waals surface area contributed by atoms with Crippen LogP contribution < -0.4 is 10.6 Å². The van der Waals surface area contributed by atoms with Gasteiger partial charge in [0.1, 0.15) is 24.7 Å². The van der Waals surface area contributed by atoms with Crippen molar-refractivity contribution in [3.8, 4) is 0 Å². The Bertz CT molecular complexity index is 392. The van der Waals surface area contributed by atoms with Crippen molar-refractivity contribution in [1.29, 1.82) is 0 Å². The van der Waals surface area contributed by atoms with Crippen LogP contribution >= 0.6 is 0 Å². The van der Waals surface area contributed by atoms with Crippen LogP contribution in [0.15, 0.2) is 0 Å². The lowest BCUT2D eigenvalue weighted by atomic mass is 10.2. The van der Waals surface area contributed by atoms with Crippen molar-refractivity contribution in [3.63, 3.8) is 0 Å². The fourth-order valence-corrected chi connectivity index (χ4v) is 1.68. The van der Waals surface area contributed by atoms with E-state index < -0.39 is 36.0 Å². The van der Waals surface area contributed by atoms with Gasteiger partial charge in [-0.05, 0) is 13.8 Å². The molecule has 8 nitrogen and oxygen atoms in total. The third kappa shape index (κ3) is 8.98. The first-order valence-corrected chi connectivity index (χ1v) is 6.73. The largest absolute Gasteiger partial charge is 0.480 e. The van der Waals surface area contributed by atoms with Gasteiger partial charge in [-0.2, -0.15) is 0 Å². The zero-order chi connectivity index (χ0) is 16.8. The van der Waals surface area contributed by atoms with E-state index in [4.69, 9.17) is 5.11 Å². The summed E-state index contributed by atoms with van der Waals surface area (Å²) in [6, 6.07) is -1.89. The van der Waals surface area contributed by atoms with E-state index in [2.05, 4.69) is 10.6 Å². The highest BCUT2D eigenvalue weighted by molar-refractivity contribution is 5.90. The molecule has 2 amide bonds. The third-order valence-corrected chi connectivity index (χ3v) is 2.68. The predicted molar refractivity (Wildman–Crippen MR) is 76.4 cm³/mol. The van der Waals surface area contributed by atoms with Gasteiger partial charge < -0.3 is 25.3 Å². The maximum Gasteiger partial charge on any atom is 0.325 e. The molecule has 0 heterocycles. The van der Waals surface area contributed by atoms with Gasteiger partial charge >= 0.3 is 5.97 Å². The van der Waals surface area contributed by atoms with Gasteiger partial charge in [0.05, 0.1) is 27.6 Å². The summed E-state index contributed by atoms with van der Waals surface area (Å²) >= 11 is 0. The average Bonchev–Trinajstić information content (AvgIpc) is 2.24. The molecule has 0 aromatic rings. The third-order valence-electron chi connectivity index (χ3n) is 2.68. The number of carboxylic acids is 1. The Labute approximate surface area is 124 Å². The second-order valence-corrected chi connectivity index (χ2v) is 6.19. The van der Waals surface area contributed by atoms with Crippen LogP contribution in [-0.2, 0) is 14.4 Å². The zero-order valence-electron chi connectivity index (χ0n) is 13.2. The summed E-state index contributed by atoms with van der Waals surface area (Å²) < 4.78 is 0.514. The Hall–Kier alpha value is -1.67. The molecule has 0 saturated heterocycles. The van der Waals surface area contributed by atoms with Crippen LogP contribution in [0.25, 0.3) is 0 Å². The zero-order valence-corrected chi connectivity index (χ0v) is 13.2. The average molecular weight is 304 g/mol. The lowest BCUT2D eigenvalue weighted by Crippen LogP contribution is -2.50. The molecule has 0 aliphatic rings. The molecule has 0 rings (SSSR count). The van der Waals surface area contributed by atoms with Gasteiger partial charge in [-0.15, -0.1) is 0 Å². The van der Waals surface area contributed by atoms with Crippen molar-refractivity contribution in [1.82, 2.24) is 10.6 Å². The second-order valence-electron chi connectivity index (χ2n) is 6.19. The highest BCUT2D eigenvalue weighted by Gasteiger charge is 2.23. The van der Waals surface area contributed by atoms with Crippen molar-refractivity contribution in [3.05, 3.63) is 0 Å². The molecule has 122 valence electrons. The summed E-state index contributed by atoms with van der Waals surface area (Å²) in [6.07, 6.45) is -0.917. The van der Waals surface area contributed by atoms with Crippen molar-refractivity contribution in [2.24, 2.45) is 0 Å². The summed E-state index contributed by atoms with van der Waals surface area (Å²) in [7, 11) is 5.68. The van der Waals surface area contributed by atoms with Crippen molar-refractivity contribution < 1.29 is 29.1 Å². The summed E-state index contributed by atoms with van der Waals surface area (Å²) in [4.78, 5) is 34.0. The minimum atomic E-state index is -1.15. The highest BCUT2D eigenvalue weighted by atomic mass is 16.4. The number of carboxylic acid groups (broad SMARTS) is 1. The van der Waals surface area contributed by atoms with Gasteiger partial charge in [-0.3, -0.25) is 14.4 Å². The summed E-state index contributed by atoms with van der Waals surface area (Å²) in [5, 5.41) is 23.1. The normalized spacial score (nSPS) is 15.7. The molecule has 0 radical (unpaired) electrons. The number of likely N-dealkylation sites (N-methyl/N-ethyl adjacent to an activating group) is 1. The monoisotopic (exact) mass is 304 g/mol. The lowest BCUT2D eigenvalue weighted by Gasteiger charge is -2.26. The van der Waals surface area contributed by atoms with Crippen LogP contribution in [0.3, 0.4) is 0 Å². The number of hydrogen-bond acceptors (Lipinski definition) is 4. The molecule has 1 unspecified atom stereocenters. The summed E-state index contributed by atoms with van der Waals surface area (Å²) in [5.74, 6) is -2.19. The van der Waals surface area contributed by atoms with Crippen molar-refractivity contribution >= 4 is 17.8 Å². The molecule has 0 aromatic carbocycles. The number of quaternary nitrogens is 1. The van der Waals surface area contributed by atoms with Crippen LogP contribution in [0.5, 0.6) is 0 Å². The Kier molecular flexibility index (Phi) is 7.31. The number of carbonyl (C=O) groups is 3. The summed E-state index contributed by atoms with van der Waals surface area (Å²) in [6.45, 7) is 3.19. The standard InChI is InChI=1S/C13H25N3O5/c1-8(12(19)15-9(2)13(20)21)14-11(18)6-10(17)7-16(3,4)5/h8-10,17H,6-7H2,1-5H3,(H2-,14,15,18,19,20,21)/p+1/t8-,9-,10?/m0/s1. The predicted octanol–water partition coefficient (Wildman–Crippen LogP) is -1.46. The van der Waals surface area contributed by atoms with Gasteiger partial charge in [-0.25, -0.2) is 0 Å². The molecule has 4 N–H and O–H groups in total. The molecular weight excluding hydrogens is 278 g/mol. The van der Waals surface area contributed by atoms with E-state index in [0.717, 1.165) is 0 Å². The molecule has 21 heavy (non-hydrogen) atoms. The van der Waals surface area contributed by atoms with Crippen LogP contribution in [0.4, 0.5) is 0 Å². The Morgan fingerprint density at radius 3 is 2.00 bits per heavy atom.